The second-order valence-electron chi connectivity index (χ2n) is 4.37. The number of rotatable bonds is 4. The van der Waals surface area contributed by atoms with E-state index in [2.05, 4.69) is 59.0 Å². The summed E-state index contributed by atoms with van der Waals surface area (Å²) in [4.78, 5) is 4.54. The van der Waals surface area contributed by atoms with Gasteiger partial charge in [0.2, 0.25) is 0 Å². The van der Waals surface area contributed by atoms with Gasteiger partial charge in [-0.1, -0.05) is 38.1 Å². The van der Waals surface area contributed by atoms with Crippen molar-refractivity contribution in [1.82, 2.24) is 4.98 Å². The average Bonchev–Trinajstić information content (AvgIpc) is 2.79. The summed E-state index contributed by atoms with van der Waals surface area (Å²) >= 11 is 5.14. The fourth-order valence-electron chi connectivity index (χ4n) is 1.77. The Morgan fingerprint density at radius 3 is 2.50 bits per heavy atom. The second-order valence-corrected chi connectivity index (χ2v) is 6.69. The molecule has 18 heavy (non-hydrogen) atoms. The molecule has 1 aromatic carbocycles. The molecule has 2 nitrogen and oxygen atoms in total. The Hall–Kier alpha value is -0.710. The summed E-state index contributed by atoms with van der Waals surface area (Å²) in [5.74, 6) is 0.613. The molecule has 0 spiro atoms. The van der Waals surface area contributed by atoms with Crippen molar-refractivity contribution < 1.29 is 0 Å². The van der Waals surface area contributed by atoms with Crippen molar-refractivity contribution in [3.05, 3.63) is 39.3 Å². The summed E-state index contributed by atoms with van der Waals surface area (Å²) in [7, 11) is 0. The van der Waals surface area contributed by atoms with Crippen molar-refractivity contribution in [2.45, 2.75) is 32.7 Å². The zero-order chi connectivity index (χ0) is 13.1. The van der Waals surface area contributed by atoms with Gasteiger partial charge in [0.15, 0.2) is 0 Å². The average molecular weight is 325 g/mol. The molecular weight excluding hydrogens is 308 g/mol. The third kappa shape index (κ3) is 2.82. The molecule has 0 saturated carbocycles. The van der Waals surface area contributed by atoms with Crippen LogP contribution in [0.25, 0.3) is 10.6 Å². The van der Waals surface area contributed by atoms with Crippen LogP contribution in [0.4, 0.5) is 0 Å². The third-order valence-corrected chi connectivity index (χ3v) is 5.06. The van der Waals surface area contributed by atoms with Crippen molar-refractivity contribution in [1.29, 1.82) is 0 Å². The van der Waals surface area contributed by atoms with Crippen molar-refractivity contribution >= 4 is 27.3 Å². The minimum Gasteiger partial charge on any atom is -0.325 e. The number of halogens is 1. The second kappa shape index (κ2) is 5.95. The molecule has 2 aromatic rings. The van der Waals surface area contributed by atoms with Crippen molar-refractivity contribution in [2.75, 3.05) is 0 Å². The third-order valence-electron chi connectivity index (χ3n) is 3.18. The first-order valence-corrected chi connectivity index (χ1v) is 7.72. The Balaban J connectivity index is 2.28. The van der Waals surface area contributed by atoms with E-state index in [1.165, 1.54) is 12.0 Å². The van der Waals surface area contributed by atoms with Crippen LogP contribution in [-0.4, -0.2) is 4.98 Å². The van der Waals surface area contributed by atoms with Crippen LogP contribution in [-0.2, 0) is 6.54 Å². The Kier molecular flexibility index (Phi) is 4.54. The summed E-state index contributed by atoms with van der Waals surface area (Å²) in [6.45, 7) is 4.94. The molecule has 0 aliphatic carbocycles. The minimum absolute atomic E-state index is 0.474. The first kappa shape index (κ1) is 13.7. The molecule has 0 aliphatic rings. The Morgan fingerprint density at radius 2 is 2.00 bits per heavy atom. The summed E-state index contributed by atoms with van der Waals surface area (Å²) < 4.78 is 1.03. The van der Waals surface area contributed by atoms with E-state index >= 15 is 0 Å². The van der Waals surface area contributed by atoms with E-state index in [-0.39, 0.29) is 0 Å². The van der Waals surface area contributed by atoms with Crippen LogP contribution >= 0.6 is 27.3 Å². The smallest absolute Gasteiger partial charge is 0.124 e. The van der Waals surface area contributed by atoms with Crippen LogP contribution in [0.1, 0.15) is 37.4 Å². The molecule has 2 rings (SSSR count). The van der Waals surface area contributed by atoms with E-state index in [0.29, 0.717) is 12.5 Å². The molecule has 0 fully saturated rings. The predicted molar refractivity (Wildman–Crippen MR) is 81.8 cm³/mol. The quantitative estimate of drug-likeness (QED) is 0.896. The summed E-state index contributed by atoms with van der Waals surface area (Å²) in [6, 6.07) is 8.68. The molecule has 1 aromatic heterocycles. The van der Waals surface area contributed by atoms with Crippen LogP contribution < -0.4 is 5.73 Å². The topological polar surface area (TPSA) is 38.9 Å². The van der Waals surface area contributed by atoms with Crippen molar-refractivity contribution in [2.24, 2.45) is 5.73 Å². The molecule has 1 heterocycles. The highest BCUT2D eigenvalue weighted by Gasteiger charge is 2.10. The number of benzene rings is 1. The number of nitrogens with zero attached hydrogens (tertiary/aromatic N) is 1. The maximum atomic E-state index is 5.64. The van der Waals surface area contributed by atoms with E-state index in [1.54, 1.807) is 11.3 Å². The van der Waals surface area contributed by atoms with E-state index in [9.17, 15) is 0 Å². The number of thiazole rings is 1. The van der Waals surface area contributed by atoms with E-state index < -0.39 is 0 Å². The maximum absolute atomic E-state index is 5.64. The molecule has 0 radical (unpaired) electrons. The molecular formula is C14H17BrN2S. The monoisotopic (exact) mass is 324 g/mol. The van der Waals surface area contributed by atoms with Gasteiger partial charge in [-0.05, 0) is 33.8 Å². The predicted octanol–water partition coefficient (Wildman–Crippen LogP) is 4.54. The molecule has 96 valence electrons. The lowest BCUT2D eigenvalue weighted by Gasteiger charge is -2.08. The van der Waals surface area contributed by atoms with Crippen LogP contribution in [0, 0.1) is 0 Å². The molecule has 4 heteroatoms. The van der Waals surface area contributed by atoms with Crippen LogP contribution in [0.3, 0.4) is 0 Å². The number of hydrogen-bond donors (Lipinski definition) is 1. The van der Waals surface area contributed by atoms with E-state index in [4.69, 9.17) is 5.73 Å². The molecule has 0 amide bonds. The summed E-state index contributed by atoms with van der Waals surface area (Å²) in [5, 5.41) is 1.03. The number of nitrogens with two attached hydrogens (primary N) is 1. The highest BCUT2D eigenvalue weighted by atomic mass is 79.9. The van der Waals surface area contributed by atoms with Gasteiger partial charge in [-0.2, -0.15) is 0 Å². The fourth-order valence-corrected chi connectivity index (χ4v) is 3.31. The molecule has 1 atom stereocenters. The summed E-state index contributed by atoms with van der Waals surface area (Å²) in [5.41, 5.74) is 9.11. The first-order valence-electron chi connectivity index (χ1n) is 6.11. The highest BCUT2D eigenvalue weighted by molar-refractivity contribution is 9.11. The lowest BCUT2D eigenvalue weighted by atomic mass is 9.98. The molecule has 2 N–H and O–H groups in total. The van der Waals surface area contributed by atoms with Gasteiger partial charge >= 0.3 is 0 Å². The zero-order valence-electron chi connectivity index (χ0n) is 10.6. The summed E-state index contributed by atoms with van der Waals surface area (Å²) in [6.07, 6.45) is 1.17. The molecule has 1 unspecified atom stereocenters. The van der Waals surface area contributed by atoms with Gasteiger partial charge in [0, 0.05) is 12.1 Å². The van der Waals surface area contributed by atoms with E-state index in [0.717, 1.165) is 20.1 Å². The molecule has 0 bridgehead atoms. The normalized spacial score (nSPS) is 12.7. The van der Waals surface area contributed by atoms with Gasteiger partial charge in [0.05, 0.1) is 9.48 Å². The van der Waals surface area contributed by atoms with Crippen LogP contribution in [0.5, 0.6) is 0 Å². The molecule has 0 saturated heterocycles. The number of aromatic nitrogens is 1. The molecule has 0 aliphatic heterocycles. The van der Waals surface area contributed by atoms with Gasteiger partial charge in [0.25, 0.3) is 0 Å². The fraction of sp³-hybridized carbons (Fsp3) is 0.357. The SMILES string of the molecule is CCC(C)c1ccc(-c2nc(CN)c(Br)s2)cc1. The van der Waals surface area contributed by atoms with Crippen LogP contribution in [0.2, 0.25) is 0 Å². The van der Waals surface area contributed by atoms with Crippen LogP contribution in [0.15, 0.2) is 28.1 Å². The van der Waals surface area contributed by atoms with Gasteiger partial charge in [-0.15, -0.1) is 11.3 Å². The van der Waals surface area contributed by atoms with Gasteiger partial charge in [-0.25, -0.2) is 4.98 Å². The Labute approximate surface area is 120 Å². The lowest BCUT2D eigenvalue weighted by molar-refractivity contribution is 0.734. The van der Waals surface area contributed by atoms with Gasteiger partial charge in [-0.3, -0.25) is 0 Å². The van der Waals surface area contributed by atoms with Crippen molar-refractivity contribution in [3.63, 3.8) is 0 Å². The minimum atomic E-state index is 0.474. The van der Waals surface area contributed by atoms with Gasteiger partial charge < -0.3 is 5.73 Å². The largest absolute Gasteiger partial charge is 0.325 e. The maximum Gasteiger partial charge on any atom is 0.124 e. The standard InChI is InChI=1S/C14H17BrN2S/c1-3-9(2)10-4-6-11(7-5-10)14-17-12(8-16)13(15)18-14/h4-7,9H,3,8,16H2,1-2H3. The highest BCUT2D eigenvalue weighted by Crippen LogP contribution is 2.32. The number of hydrogen-bond acceptors (Lipinski definition) is 3. The lowest BCUT2D eigenvalue weighted by Crippen LogP contribution is -1.96. The Morgan fingerprint density at radius 1 is 1.33 bits per heavy atom. The van der Waals surface area contributed by atoms with Gasteiger partial charge in [0.1, 0.15) is 5.01 Å². The Bertz CT molecular complexity index is 519. The zero-order valence-corrected chi connectivity index (χ0v) is 13.0. The van der Waals surface area contributed by atoms with E-state index in [1.807, 2.05) is 0 Å². The van der Waals surface area contributed by atoms with Crippen molar-refractivity contribution in [3.8, 4) is 10.6 Å². The first-order chi connectivity index (χ1) is 8.65.